The molecule has 1 aromatic heterocycles. The molecule has 0 aliphatic heterocycles. The maximum atomic E-state index is 4.08. The van der Waals surface area contributed by atoms with E-state index in [1.165, 1.54) is 25.7 Å². The highest BCUT2D eigenvalue weighted by atomic mass is 15.1. The summed E-state index contributed by atoms with van der Waals surface area (Å²) in [5.41, 5.74) is 0. The fraction of sp³-hybridized carbons (Fsp3) is 0.667. The average Bonchev–Trinajstić information content (AvgIpc) is 2.76. The van der Waals surface area contributed by atoms with E-state index in [0.717, 1.165) is 18.4 Å². The lowest BCUT2D eigenvalue weighted by molar-refractivity contribution is 0.686. The van der Waals surface area contributed by atoms with E-state index >= 15 is 0 Å². The summed E-state index contributed by atoms with van der Waals surface area (Å²) in [7, 11) is 0. The summed E-state index contributed by atoms with van der Waals surface area (Å²) < 4.78 is 0. The molecule has 12 heavy (non-hydrogen) atoms. The minimum Gasteiger partial charge on any atom is -0.356 e. The van der Waals surface area contributed by atoms with Gasteiger partial charge in [-0.3, -0.25) is 0 Å². The SMILES string of the molecule is c1c[nH]c(NCCCC2CC2)n1. The molecule has 0 amide bonds. The van der Waals surface area contributed by atoms with Crippen LogP contribution in [0.4, 0.5) is 5.95 Å². The summed E-state index contributed by atoms with van der Waals surface area (Å²) in [6.07, 6.45) is 9.17. The van der Waals surface area contributed by atoms with Gasteiger partial charge in [0.2, 0.25) is 0 Å². The van der Waals surface area contributed by atoms with Crippen molar-refractivity contribution >= 4 is 5.95 Å². The molecule has 3 nitrogen and oxygen atoms in total. The standard InChI is InChI=1S/C9H15N3/c1(2-8-3-4-8)5-10-9-11-6-7-12-9/h6-8H,1-5H2,(H2,10,11,12). The third-order valence-electron chi connectivity index (χ3n) is 2.28. The Morgan fingerprint density at radius 3 is 3.17 bits per heavy atom. The highest BCUT2D eigenvalue weighted by Gasteiger charge is 2.19. The quantitative estimate of drug-likeness (QED) is 0.655. The van der Waals surface area contributed by atoms with Crippen LogP contribution in [-0.4, -0.2) is 16.5 Å². The summed E-state index contributed by atoms with van der Waals surface area (Å²) >= 11 is 0. The fourth-order valence-electron chi connectivity index (χ4n) is 1.37. The van der Waals surface area contributed by atoms with E-state index in [2.05, 4.69) is 15.3 Å². The van der Waals surface area contributed by atoms with Crippen LogP contribution in [0.3, 0.4) is 0 Å². The van der Waals surface area contributed by atoms with Crippen molar-refractivity contribution in [2.24, 2.45) is 5.92 Å². The molecule has 1 aromatic rings. The molecular formula is C9H15N3. The zero-order valence-corrected chi connectivity index (χ0v) is 7.21. The topological polar surface area (TPSA) is 40.7 Å². The van der Waals surface area contributed by atoms with E-state index in [1.54, 1.807) is 6.20 Å². The van der Waals surface area contributed by atoms with Crippen LogP contribution >= 0.6 is 0 Å². The molecule has 0 spiro atoms. The number of anilines is 1. The zero-order valence-electron chi connectivity index (χ0n) is 7.21. The second-order valence-corrected chi connectivity index (χ2v) is 3.45. The maximum Gasteiger partial charge on any atom is 0.200 e. The van der Waals surface area contributed by atoms with E-state index in [-0.39, 0.29) is 0 Å². The smallest absolute Gasteiger partial charge is 0.200 e. The van der Waals surface area contributed by atoms with E-state index < -0.39 is 0 Å². The van der Waals surface area contributed by atoms with Gasteiger partial charge in [0.15, 0.2) is 5.95 Å². The van der Waals surface area contributed by atoms with Crippen LogP contribution < -0.4 is 5.32 Å². The third-order valence-corrected chi connectivity index (χ3v) is 2.28. The number of hydrogen-bond donors (Lipinski definition) is 2. The van der Waals surface area contributed by atoms with E-state index in [0.29, 0.717) is 0 Å². The Bertz CT molecular complexity index is 214. The second kappa shape index (κ2) is 3.61. The van der Waals surface area contributed by atoms with Gasteiger partial charge in [-0.25, -0.2) is 4.98 Å². The molecule has 0 aromatic carbocycles. The van der Waals surface area contributed by atoms with Crippen LogP contribution in [0, 0.1) is 5.92 Å². The lowest BCUT2D eigenvalue weighted by Gasteiger charge is -2.00. The molecule has 66 valence electrons. The first-order valence-electron chi connectivity index (χ1n) is 4.68. The fourth-order valence-corrected chi connectivity index (χ4v) is 1.37. The minimum absolute atomic E-state index is 0.894. The van der Waals surface area contributed by atoms with Gasteiger partial charge in [0.05, 0.1) is 0 Å². The Morgan fingerprint density at radius 2 is 2.50 bits per heavy atom. The summed E-state index contributed by atoms with van der Waals surface area (Å²) in [6.45, 7) is 1.05. The number of imidazole rings is 1. The van der Waals surface area contributed by atoms with Crippen molar-refractivity contribution in [1.29, 1.82) is 0 Å². The first kappa shape index (κ1) is 7.65. The Morgan fingerprint density at radius 1 is 1.58 bits per heavy atom. The minimum atomic E-state index is 0.894. The largest absolute Gasteiger partial charge is 0.356 e. The Balaban J connectivity index is 1.56. The van der Waals surface area contributed by atoms with E-state index in [1.807, 2.05) is 6.20 Å². The Hall–Kier alpha value is -0.990. The van der Waals surface area contributed by atoms with Crippen LogP contribution in [0.15, 0.2) is 12.4 Å². The number of rotatable bonds is 5. The molecule has 0 saturated heterocycles. The number of nitrogens with zero attached hydrogens (tertiary/aromatic N) is 1. The monoisotopic (exact) mass is 165 g/mol. The number of aromatic amines is 1. The molecule has 1 aliphatic carbocycles. The lowest BCUT2D eigenvalue weighted by atomic mass is 10.2. The van der Waals surface area contributed by atoms with Gasteiger partial charge in [0.25, 0.3) is 0 Å². The zero-order chi connectivity index (χ0) is 8.23. The van der Waals surface area contributed by atoms with Crippen molar-refractivity contribution in [1.82, 2.24) is 9.97 Å². The predicted octanol–water partition coefficient (Wildman–Crippen LogP) is 2.01. The van der Waals surface area contributed by atoms with E-state index in [9.17, 15) is 0 Å². The van der Waals surface area contributed by atoms with Crippen LogP contribution in [0.25, 0.3) is 0 Å². The molecule has 0 bridgehead atoms. The normalized spacial score (nSPS) is 16.3. The van der Waals surface area contributed by atoms with Crippen molar-refractivity contribution in [2.45, 2.75) is 25.7 Å². The highest BCUT2D eigenvalue weighted by Crippen LogP contribution is 2.33. The molecule has 2 rings (SSSR count). The van der Waals surface area contributed by atoms with Gasteiger partial charge in [-0.15, -0.1) is 0 Å². The Kier molecular flexibility index (Phi) is 2.30. The van der Waals surface area contributed by atoms with Crippen molar-refractivity contribution < 1.29 is 0 Å². The molecule has 1 saturated carbocycles. The Labute approximate surface area is 72.6 Å². The van der Waals surface area contributed by atoms with Crippen LogP contribution in [0.5, 0.6) is 0 Å². The van der Waals surface area contributed by atoms with Gasteiger partial charge in [-0.2, -0.15) is 0 Å². The van der Waals surface area contributed by atoms with Gasteiger partial charge in [-0.05, 0) is 18.8 Å². The summed E-state index contributed by atoms with van der Waals surface area (Å²) in [5.74, 6) is 1.94. The van der Waals surface area contributed by atoms with Gasteiger partial charge >= 0.3 is 0 Å². The number of aromatic nitrogens is 2. The van der Waals surface area contributed by atoms with Crippen molar-refractivity contribution in [3.63, 3.8) is 0 Å². The predicted molar refractivity (Wildman–Crippen MR) is 49.0 cm³/mol. The molecule has 1 aliphatic rings. The van der Waals surface area contributed by atoms with Crippen molar-refractivity contribution in [3.05, 3.63) is 12.4 Å². The van der Waals surface area contributed by atoms with Crippen molar-refractivity contribution in [3.8, 4) is 0 Å². The highest BCUT2D eigenvalue weighted by molar-refractivity contribution is 5.22. The molecular weight excluding hydrogens is 150 g/mol. The summed E-state index contributed by atoms with van der Waals surface area (Å²) in [5, 5.41) is 3.24. The molecule has 0 atom stereocenters. The first-order valence-corrected chi connectivity index (χ1v) is 4.68. The average molecular weight is 165 g/mol. The number of nitrogens with one attached hydrogen (secondary N) is 2. The van der Waals surface area contributed by atoms with Crippen molar-refractivity contribution in [2.75, 3.05) is 11.9 Å². The summed E-state index contributed by atoms with van der Waals surface area (Å²) in [4.78, 5) is 7.10. The molecule has 1 fully saturated rings. The van der Waals surface area contributed by atoms with Gasteiger partial charge in [0.1, 0.15) is 0 Å². The third kappa shape index (κ3) is 2.26. The van der Waals surface area contributed by atoms with Gasteiger partial charge < -0.3 is 10.3 Å². The number of hydrogen-bond acceptors (Lipinski definition) is 2. The number of H-pyrrole nitrogens is 1. The van der Waals surface area contributed by atoms with Gasteiger partial charge in [-0.1, -0.05) is 12.8 Å². The molecule has 2 N–H and O–H groups in total. The molecule has 0 unspecified atom stereocenters. The lowest BCUT2D eigenvalue weighted by Crippen LogP contribution is -2.02. The van der Waals surface area contributed by atoms with Crippen LogP contribution in [-0.2, 0) is 0 Å². The summed E-state index contributed by atoms with van der Waals surface area (Å²) in [6, 6.07) is 0. The second-order valence-electron chi connectivity index (χ2n) is 3.45. The molecule has 1 heterocycles. The van der Waals surface area contributed by atoms with E-state index in [4.69, 9.17) is 0 Å². The first-order chi connectivity index (χ1) is 5.95. The maximum absolute atomic E-state index is 4.08. The van der Waals surface area contributed by atoms with Crippen LogP contribution in [0.1, 0.15) is 25.7 Å². The molecule has 3 heteroatoms. The van der Waals surface area contributed by atoms with Crippen LogP contribution in [0.2, 0.25) is 0 Å². The van der Waals surface area contributed by atoms with Gasteiger partial charge in [0, 0.05) is 18.9 Å². The molecule has 0 radical (unpaired) electrons.